The van der Waals surface area contributed by atoms with Crippen LogP contribution in [0.2, 0.25) is 10.0 Å². The number of allylic oxidation sites excluding steroid dienone is 2. The van der Waals surface area contributed by atoms with Crippen molar-refractivity contribution in [3.63, 3.8) is 0 Å². The highest BCUT2D eigenvalue weighted by molar-refractivity contribution is 6.35. The topological polar surface area (TPSA) is 47.6 Å². The van der Waals surface area contributed by atoms with Crippen LogP contribution < -0.4 is 10.1 Å². The van der Waals surface area contributed by atoms with E-state index in [1.165, 1.54) is 0 Å². The lowest BCUT2D eigenvalue weighted by Crippen LogP contribution is -2.45. The molecule has 1 aromatic carbocycles. The van der Waals surface area contributed by atoms with Crippen LogP contribution in [0.15, 0.2) is 42.2 Å². The Kier molecular flexibility index (Phi) is 7.01. The van der Waals surface area contributed by atoms with Gasteiger partial charge in [-0.25, -0.2) is 0 Å². The number of benzene rings is 1. The molecule has 1 N–H and O–H groups in total. The fourth-order valence-corrected chi connectivity index (χ4v) is 3.08. The first-order valence-electron chi connectivity index (χ1n) is 8.57. The Hall–Kier alpha value is -1.65. The Balaban J connectivity index is 2.00. The van der Waals surface area contributed by atoms with Crippen LogP contribution in [-0.4, -0.2) is 25.7 Å². The van der Waals surface area contributed by atoms with Crippen LogP contribution in [0.5, 0.6) is 5.75 Å². The average molecular weight is 398 g/mol. The van der Waals surface area contributed by atoms with Crippen LogP contribution in [0.1, 0.15) is 27.2 Å². The van der Waals surface area contributed by atoms with Crippen molar-refractivity contribution >= 4 is 29.1 Å². The molecule has 0 spiro atoms. The summed E-state index contributed by atoms with van der Waals surface area (Å²) in [5.74, 6) is 1.11. The molecule has 0 heterocycles. The first-order valence-corrected chi connectivity index (χ1v) is 9.32. The summed E-state index contributed by atoms with van der Waals surface area (Å²) in [4.78, 5) is 12.7. The van der Waals surface area contributed by atoms with Gasteiger partial charge in [-0.2, -0.15) is 0 Å². The second-order valence-corrected chi connectivity index (χ2v) is 7.92. The molecule has 0 saturated heterocycles. The molecule has 2 unspecified atom stereocenters. The highest BCUT2D eigenvalue weighted by atomic mass is 35.5. The summed E-state index contributed by atoms with van der Waals surface area (Å²) in [5.41, 5.74) is -0.156. The van der Waals surface area contributed by atoms with Crippen LogP contribution in [0.25, 0.3) is 0 Å². The Morgan fingerprint density at radius 3 is 2.62 bits per heavy atom. The molecule has 26 heavy (non-hydrogen) atoms. The van der Waals surface area contributed by atoms with Gasteiger partial charge in [0.15, 0.2) is 6.10 Å². The molecule has 6 heteroatoms. The largest absolute Gasteiger partial charge is 0.497 e. The van der Waals surface area contributed by atoms with Gasteiger partial charge in [-0.1, -0.05) is 50.0 Å². The molecule has 0 radical (unpaired) electrons. The Morgan fingerprint density at radius 2 is 2.08 bits per heavy atom. The molecule has 0 saturated carbocycles. The molecular formula is C20H25Cl2NO3. The summed E-state index contributed by atoms with van der Waals surface area (Å²) in [6.07, 6.45) is 6.17. The molecule has 2 atom stereocenters. The molecule has 1 amide bonds. The van der Waals surface area contributed by atoms with E-state index in [0.29, 0.717) is 22.3 Å². The summed E-state index contributed by atoms with van der Waals surface area (Å²) in [6, 6.07) is 4.96. The van der Waals surface area contributed by atoms with Crippen LogP contribution in [0.3, 0.4) is 0 Å². The van der Waals surface area contributed by atoms with E-state index >= 15 is 0 Å². The van der Waals surface area contributed by atoms with E-state index < -0.39 is 6.10 Å². The van der Waals surface area contributed by atoms with Crippen molar-refractivity contribution in [2.75, 3.05) is 13.7 Å². The summed E-state index contributed by atoms with van der Waals surface area (Å²) >= 11 is 12.1. The van der Waals surface area contributed by atoms with E-state index in [0.717, 1.165) is 12.2 Å². The van der Waals surface area contributed by atoms with Crippen LogP contribution in [0, 0.1) is 11.3 Å². The molecule has 142 valence electrons. The number of hydrogen-bond acceptors (Lipinski definition) is 3. The second-order valence-electron chi connectivity index (χ2n) is 7.08. The van der Waals surface area contributed by atoms with E-state index in [2.05, 4.69) is 18.3 Å². The summed E-state index contributed by atoms with van der Waals surface area (Å²) in [7, 11) is 1.65. The zero-order valence-corrected chi connectivity index (χ0v) is 17.0. The van der Waals surface area contributed by atoms with Crippen LogP contribution in [-0.2, 0) is 9.53 Å². The van der Waals surface area contributed by atoms with Gasteiger partial charge in [0.25, 0.3) is 5.91 Å². The number of rotatable bonds is 7. The minimum absolute atomic E-state index is 0.0172. The van der Waals surface area contributed by atoms with Gasteiger partial charge in [0.05, 0.1) is 12.1 Å². The molecule has 0 fully saturated rings. The van der Waals surface area contributed by atoms with Gasteiger partial charge in [0.2, 0.25) is 0 Å². The van der Waals surface area contributed by atoms with Gasteiger partial charge in [-0.05, 0) is 42.7 Å². The summed E-state index contributed by atoms with van der Waals surface area (Å²) in [6.45, 7) is 6.47. The van der Waals surface area contributed by atoms with E-state index in [1.807, 2.05) is 26.0 Å². The lowest BCUT2D eigenvalue weighted by atomic mass is 9.83. The minimum atomic E-state index is -0.644. The van der Waals surface area contributed by atoms with E-state index in [1.54, 1.807) is 25.3 Å². The number of methoxy groups -OCH3 is 1. The number of halogens is 2. The first-order chi connectivity index (χ1) is 12.2. The predicted octanol–water partition coefficient (Wildman–Crippen LogP) is 5.01. The first kappa shape index (κ1) is 20.7. The molecule has 1 aromatic rings. The van der Waals surface area contributed by atoms with Crippen molar-refractivity contribution in [1.29, 1.82) is 0 Å². The Morgan fingerprint density at radius 1 is 1.35 bits per heavy atom. The molecule has 1 aliphatic carbocycles. The van der Waals surface area contributed by atoms with Crippen LogP contribution in [0.4, 0.5) is 0 Å². The highest BCUT2D eigenvalue weighted by Crippen LogP contribution is 2.30. The maximum Gasteiger partial charge on any atom is 0.261 e. The quantitative estimate of drug-likeness (QED) is 0.703. The summed E-state index contributed by atoms with van der Waals surface area (Å²) < 4.78 is 11.1. The maximum atomic E-state index is 12.7. The van der Waals surface area contributed by atoms with Crippen LogP contribution >= 0.6 is 23.2 Å². The highest BCUT2D eigenvalue weighted by Gasteiger charge is 2.29. The molecular weight excluding hydrogens is 373 g/mol. The monoisotopic (exact) mass is 397 g/mol. The fourth-order valence-electron chi connectivity index (χ4n) is 2.63. The third-order valence-corrected chi connectivity index (χ3v) is 4.86. The van der Waals surface area contributed by atoms with Gasteiger partial charge in [-0.15, -0.1) is 0 Å². The second kappa shape index (κ2) is 8.83. The molecule has 4 nitrogen and oxygen atoms in total. The SMILES string of the molecule is COC1=CCC(C)(CNC(=O)C(Oc2ccc(Cl)cc2Cl)C(C)C)C=C1. The number of carbonyl (C=O) groups is 1. The van der Waals surface area contributed by atoms with E-state index in [9.17, 15) is 4.79 Å². The lowest BCUT2D eigenvalue weighted by molar-refractivity contribution is -0.130. The number of hydrogen-bond donors (Lipinski definition) is 1. The van der Waals surface area contributed by atoms with Crippen molar-refractivity contribution in [2.24, 2.45) is 11.3 Å². The third kappa shape index (κ3) is 5.42. The van der Waals surface area contributed by atoms with Gasteiger partial charge < -0.3 is 14.8 Å². The molecule has 2 rings (SSSR count). The lowest BCUT2D eigenvalue weighted by Gasteiger charge is -2.29. The zero-order valence-electron chi connectivity index (χ0n) is 15.5. The summed E-state index contributed by atoms with van der Waals surface area (Å²) in [5, 5.41) is 3.91. The molecule has 1 aliphatic rings. The van der Waals surface area contributed by atoms with Gasteiger partial charge in [0.1, 0.15) is 11.5 Å². The van der Waals surface area contributed by atoms with Crippen molar-refractivity contribution in [3.8, 4) is 5.75 Å². The number of nitrogens with one attached hydrogen (secondary N) is 1. The van der Waals surface area contributed by atoms with Crippen molar-refractivity contribution < 1.29 is 14.3 Å². The minimum Gasteiger partial charge on any atom is -0.497 e. The molecule has 0 aromatic heterocycles. The number of carbonyl (C=O) groups excluding carboxylic acids is 1. The Bertz CT molecular complexity index is 715. The van der Waals surface area contributed by atoms with Gasteiger partial charge in [0, 0.05) is 17.0 Å². The standard InChI is InChI=1S/C20H25Cl2NO3/c1-13(2)18(26-17-6-5-14(21)11-16(17)22)19(24)23-12-20(3)9-7-15(25-4)8-10-20/h5-9,11,13,18H,10,12H2,1-4H3,(H,23,24). The molecule has 0 bridgehead atoms. The van der Waals surface area contributed by atoms with Crippen molar-refractivity contribution in [1.82, 2.24) is 5.32 Å². The third-order valence-electron chi connectivity index (χ3n) is 4.33. The van der Waals surface area contributed by atoms with Gasteiger partial charge in [-0.3, -0.25) is 4.79 Å². The predicted molar refractivity (Wildman–Crippen MR) is 106 cm³/mol. The van der Waals surface area contributed by atoms with Crippen molar-refractivity contribution in [2.45, 2.75) is 33.3 Å². The zero-order chi connectivity index (χ0) is 19.3. The maximum absolute atomic E-state index is 12.7. The van der Waals surface area contributed by atoms with Gasteiger partial charge >= 0.3 is 0 Å². The number of amides is 1. The van der Waals surface area contributed by atoms with Crippen molar-refractivity contribution in [3.05, 3.63) is 52.2 Å². The Labute approximate surface area is 165 Å². The fraction of sp³-hybridized carbons (Fsp3) is 0.450. The average Bonchev–Trinajstić information content (AvgIpc) is 2.59. The number of ether oxygens (including phenoxy) is 2. The normalized spacial score (nSPS) is 20.5. The molecule has 0 aliphatic heterocycles. The van der Waals surface area contributed by atoms with E-state index in [4.69, 9.17) is 32.7 Å². The smallest absolute Gasteiger partial charge is 0.261 e. The van der Waals surface area contributed by atoms with E-state index in [-0.39, 0.29) is 17.2 Å².